The number of benzene rings is 2. The van der Waals surface area contributed by atoms with Crippen LogP contribution in [0.4, 0.5) is 10.3 Å². The highest BCUT2D eigenvalue weighted by Gasteiger charge is 2.09. The molecule has 0 unspecified atom stereocenters. The van der Waals surface area contributed by atoms with E-state index in [1.165, 1.54) is 6.07 Å². The Kier molecular flexibility index (Phi) is 3.91. The molecule has 25 heavy (non-hydrogen) atoms. The van der Waals surface area contributed by atoms with Crippen molar-refractivity contribution in [2.45, 2.75) is 6.54 Å². The number of tetrazole rings is 1. The molecule has 7 nitrogen and oxygen atoms in total. The van der Waals surface area contributed by atoms with Crippen molar-refractivity contribution in [1.82, 2.24) is 29.8 Å². The molecule has 4 rings (SSSR count). The summed E-state index contributed by atoms with van der Waals surface area (Å²) in [7, 11) is 0. The van der Waals surface area contributed by atoms with Crippen LogP contribution in [0.25, 0.3) is 11.4 Å². The van der Waals surface area contributed by atoms with Gasteiger partial charge >= 0.3 is 0 Å². The van der Waals surface area contributed by atoms with Crippen LogP contribution in [0.2, 0.25) is 0 Å². The fourth-order valence-corrected chi connectivity index (χ4v) is 2.49. The van der Waals surface area contributed by atoms with Gasteiger partial charge in [0.05, 0.1) is 17.7 Å². The Bertz CT molecular complexity index is 964. The van der Waals surface area contributed by atoms with Crippen molar-refractivity contribution >= 4 is 5.95 Å². The molecule has 0 aliphatic carbocycles. The molecule has 8 heteroatoms. The monoisotopic (exact) mass is 335 g/mol. The summed E-state index contributed by atoms with van der Waals surface area (Å²) < 4.78 is 17.5. The molecule has 0 saturated carbocycles. The summed E-state index contributed by atoms with van der Waals surface area (Å²) >= 11 is 0. The summed E-state index contributed by atoms with van der Waals surface area (Å²) in [6, 6.07) is 14.6. The molecule has 2 aromatic carbocycles. The highest BCUT2D eigenvalue weighted by Crippen LogP contribution is 2.16. The van der Waals surface area contributed by atoms with Crippen LogP contribution in [0.15, 0.2) is 67.3 Å². The third kappa shape index (κ3) is 3.09. The number of imidazole rings is 1. The fourth-order valence-electron chi connectivity index (χ4n) is 2.49. The summed E-state index contributed by atoms with van der Waals surface area (Å²) in [6.07, 6.45) is 4.87. The summed E-state index contributed by atoms with van der Waals surface area (Å²) in [5.74, 6) is 0.172. The minimum atomic E-state index is -0.319. The molecule has 0 saturated heterocycles. The maximum Gasteiger partial charge on any atom is 0.248 e. The maximum atomic E-state index is 14.3. The predicted molar refractivity (Wildman–Crippen MR) is 90.0 cm³/mol. The third-order valence-electron chi connectivity index (χ3n) is 3.72. The average Bonchev–Trinajstić information content (AvgIpc) is 3.32. The van der Waals surface area contributed by atoms with E-state index < -0.39 is 0 Å². The Balaban J connectivity index is 1.51. The Morgan fingerprint density at radius 1 is 1.08 bits per heavy atom. The third-order valence-corrected chi connectivity index (χ3v) is 3.72. The molecule has 0 aliphatic heterocycles. The second-order valence-electron chi connectivity index (χ2n) is 5.36. The predicted octanol–water partition coefficient (Wildman–Crippen LogP) is 2.60. The van der Waals surface area contributed by atoms with Crippen LogP contribution in [-0.2, 0) is 6.54 Å². The lowest BCUT2D eigenvalue weighted by Gasteiger charge is -2.09. The fraction of sp³-hybridized carbons (Fsp3) is 0.0588. The van der Waals surface area contributed by atoms with Gasteiger partial charge in [-0.05, 0) is 40.3 Å². The molecule has 0 amide bonds. The second-order valence-corrected chi connectivity index (χ2v) is 5.36. The number of nitrogens with zero attached hydrogens (tertiary/aromatic N) is 6. The number of hydrogen-bond acceptors (Lipinski definition) is 5. The van der Waals surface area contributed by atoms with Crippen LogP contribution in [0, 0.1) is 5.82 Å². The van der Waals surface area contributed by atoms with Gasteiger partial charge in [0, 0.05) is 18.9 Å². The first kappa shape index (κ1) is 15.0. The van der Waals surface area contributed by atoms with Crippen LogP contribution in [-0.4, -0.2) is 29.8 Å². The first-order chi connectivity index (χ1) is 12.3. The molecule has 0 spiro atoms. The van der Waals surface area contributed by atoms with E-state index >= 15 is 0 Å². The molecule has 2 heterocycles. The van der Waals surface area contributed by atoms with Gasteiger partial charge in [0.15, 0.2) is 0 Å². The van der Waals surface area contributed by atoms with Crippen LogP contribution in [0.1, 0.15) is 5.56 Å². The van der Waals surface area contributed by atoms with E-state index in [1.807, 2.05) is 36.4 Å². The van der Waals surface area contributed by atoms with Gasteiger partial charge in [-0.2, -0.15) is 4.68 Å². The van der Waals surface area contributed by atoms with Crippen molar-refractivity contribution in [1.29, 1.82) is 0 Å². The topological polar surface area (TPSA) is 73.5 Å². The average molecular weight is 335 g/mol. The summed E-state index contributed by atoms with van der Waals surface area (Å²) in [5, 5.41) is 14.8. The number of rotatable bonds is 5. The zero-order valence-electron chi connectivity index (χ0n) is 13.1. The largest absolute Gasteiger partial charge is 0.349 e. The van der Waals surface area contributed by atoms with Gasteiger partial charge < -0.3 is 9.88 Å². The van der Waals surface area contributed by atoms with Gasteiger partial charge in [0.25, 0.3) is 0 Å². The van der Waals surface area contributed by atoms with Crippen molar-refractivity contribution in [2.24, 2.45) is 0 Å². The van der Waals surface area contributed by atoms with E-state index in [0.717, 1.165) is 11.3 Å². The highest BCUT2D eigenvalue weighted by molar-refractivity contribution is 5.40. The minimum absolute atomic E-state index is 0.319. The molecule has 4 aromatic rings. The van der Waals surface area contributed by atoms with Gasteiger partial charge in [-0.25, -0.2) is 9.37 Å². The molecule has 0 aliphatic rings. The zero-order valence-corrected chi connectivity index (χ0v) is 13.1. The van der Waals surface area contributed by atoms with Crippen molar-refractivity contribution < 1.29 is 4.39 Å². The quantitative estimate of drug-likeness (QED) is 0.607. The van der Waals surface area contributed by atoms with Gasteiger partial charge in [-0.1, -0.05) is 29.4 Å². The lowest BCUT2D eigenvalue weighted by Crippen LogP contribution is -2.08. The number of nitrogens with one attached hydrogen (secondary N) is 1. The molecule has 2 aromatic heterocycles. The molecular weight excluding hydrogens is 321 g/mol. The molecule has 0 bridgehead atoms. The van der Waals surface area contributed by atoms with E-state index in [0.29, 0.717) is 18.2 Å². The second kappa shape index (κ2) is 6.52. The lowest BCUT2D eigenvalue weighted by atomic mass is 10.2. The van der Waals surface area contributed by atoms with E-state index in [-0.39, 0.29) is 5.82 Å². The van der Waals surface area contributed by atoms with Gasteiger partial charge in [-0.3, -0.25) is 0 Å². The maximum absolute atomic E-state index is 14.3. The van der Waals surface area contributed by atoms with Crippen LogP contribution < -0.4 is 5.32 Å². The minimum Gasteiger partial charge on any atom is -0.349 e. The van der Waals surface area contributed by atoms with E-state index in [1.54, 1.807) is 34.0 Å². The first-order valence-electron chi connectivity index (χ1n) is 7.66. The van der Waals surface area contributed by atoms with Crippen molar-refractivity contribution in [3.8, 4) is 11.4 Å². The van der Waals surface area contributed by atoms with Gasteiger partial charge in [0.2, 0.25) is 5.95 Å². The number of halogens is 1. The van der Waals surface area contributed by atoms with Gasteiger partial charge in [0.1, 0.15) is 5.82 Å². The summed E-state index contributed by atoms with van der Waals surface area (Å²) in [5.41, 5.74) is 2.08. The number of aromatic nitrogens is 6. The molecule has 0 radical (unpaired) electrons. The Hall–Kier alpha value is -3.55. The van der Waals surface area contributed by atoms with Gasteiger partial charge in [-0.15, -0.1) is 0 Å². The summed E-state index contributed by atoms with van der Waals surface area (Å²) in [6.45, 7) is 0.397. The van der Waals surface area contributed by atoms with Crippen molar-refractivity contribution in [2.75, 3.05) is 5.32 Å². The number of para-hydroxylation sites is 1. The zero-order chi connectivity index (χ0) is 17.1. The Morgan fingerprint density at radius 2 is 1.96 bits per heavy atom. The van der Waals surface area contributed by atoms with Crippen LogP contribution in [0.5, 0.6) is 0 Å². The first-order valence-corrected chi connectivity index (χ1v) is 7.66. The highest BCUT2D eigenvalue weighted by atomic mass is 19.1. The Labute approximate surface area is 142 Å². The number of anilines is 1. The van der Waals surface area contributed by atoms with Crippen molar-refractivity contribution in [3.05, 3.63) is 78.6 Å². The Morgan fingerprint density at radius 3 is 2.72 bits per heavy atom. The SMILES string of the molecule is Fc1cc(CNc2nnnn2-c2ccccc2)ccc1-n1ccnc1. The molecular formula is C17H14FN7. The lowest BCUT2D eigenvalue weighted by molar-refractivity contribution is 0.616. The van der Waals surface area contributed by atoms with E-state index in [4.69, 9.17) is 0 Å². The van der Waals surface area contributed by atoms with Crippen molar-refractivity contribution in [3.63, 3.8) is 0 Å². The number of hydrogen-bond donors (Lipinski definition) is 1. The van der Waals surface area contributed by atoms with E-state index in [2.05, 4.69) is 25.8 Å². The van der Waals surface area contributed by atoms with Crippen LogP contribution >= 0.6 is 0 Å². The van der Waals surface area contributed by atoms with Crippen LogP contribution in [0.3, 0.4) is 0 Å². The molecule has 124 valence electrons. The van der Waals surface area contributed by atoms with E-state index in [9.17, 15) is 4.39 Å². The molecule has 0 atom stereocenters. The smallest absolute Gasteiger partial charge is 0.248 e. The normalized spacial score (nSPS) is 10.8. The molecule has 0 fully saturated rings. The molecule has 1 N–H and O–H groups in total. The summed E-state index contributed by atoms with van der Waals surface area (Å²) in [4.78, 5) is 3.93. The standard InChI is InChI=1S/C17H14FN7/c18-15-10-13(6-7-16(15)24-9-8-19-12-24)11-20-17-21-22-23-25(17)14-4-2-1-3-5-14/h1-10,12H,11H2,(H,20,21,23).